The van der Waals surface area contributed by atoms with Crippen LogP contribution < -0.4 is 10.1 Å². The van der Waals surface area contributed by atoms with E-state index in [1.54, 1.807) is 17.9 Å². The monoisotopic (exact) mass is 280 g/mol. The molecule has 0 bridgehead atoms. The van der Waals surface area contributed by atoms with E-state index in [0.717, 1.165) is 22.2 Å². The third kappa shape index (κ3) is 2.60. The Morgan fingerprint density at radius 3 is 2.71 bits per heavy atom. The van der Waals surface area contributed by atoms with Crippen LogP contribution in [0.1, 0.15) is 5.56 Å². The SMILES string of the molecule is COc1ccccc1CNC(=O)n1ccc2ccccc21. The van der Waals surface area contributed by atoms with E-state index < -0.39 is 0 Å². The lowest BCUT2D eigenvalue weighted by Gasteiger charge is -2.10. The molecule has 0 spiro atoms. The number of carbonyl (C=O) groups is 1. The fourth-order valence-electron chi connectivity index (χ4n) is 2.37. The Hall–Kier alpha value is -2.75. The third-order valence-corrected chi connectivity index (χ3v) is 3.44. The van der Waals surface area contributed by atoms with Crippen LogP contribution in [0, 0.1) is 0 Å². The van der Waals surface area contributed by atoms with Crippen LogP contribution >= 0.6 is 0 Å². The Kier molecular flexibility index (Phi) is 3.60. The van der Waals surface area contributed by atoms with Crippen LogP contribution in [0.25, 0.3) is 10.9 Å². The number of methoxy groups -OCH3 is 1. The second kappa shape index (κ2) is 5.71. The minimum Gasteiger partial charge on any atom is -0.496 e. The fourth-order valence-corrected chi connectivity index (χ4v) is 2.37. The summed E-state index contributed by atoms with van der Waals surface area (Å²) >= 11 is 0. The van der Waals surface area contributed by atoms with Crippen molar-refractivity contribution < 1.29 is 9.53 Å². The Labute approximate surface area is 123 Å². The molecule has 1 amide bonds. The Balaban J connectivity index is 1.78. The highest BCUT2D eigenvalue weighted by Gasteiger charge is 2.09. The maximum absolute atomic E-state index is 12.3. The lowest BCUT2D eigenvalue weighted by atomic mass is 10.2. The quantitative estimate of drug-likeness (QED) is 0.799. The molecule has 1 heterocycles. The molecule has 3 aromatic rings. The molecule has 1 aromatic heterocycles. The van der Waals surface area contributed by atoms with E-state index in [0.29, 0.717) is 6.54 Å². The van der Waals surface area contributed by atoms with Gasteiger partial charge in [-0.05, 0) is 18.2 Å². The van der Waals surface area contributed by atoms with Crippen molar-refractivity contribution in [1.82, 2.24) is 9.88 Å². The topological polar surface area (TPSA) is 43.3 Å². The molecule has 0 aliphatic rings. The minimum atomic E-state index is -0.151. The smallest absolute Gasteiger partial charge is 0.326 e. The largest absolute Gasteiger partial charge is 0.496 e. The average molecular weight is 280 g/mol. The predicted molar refractivity (Wildman–Crippen MR) is 82.6 cm³/mol. The number of aromatic nitrogens is 1. The van der Waals surface area contributed by atoms with Gasteiger partial charge in [0.05, 0.1) is 12.6 Å². The molecule has 0 saturated carbocycles. The van der Waals surface area contributed by atoms with Crippen molar-refractivity contribution >= 4 is 16.9 Å². The molecule has 2 aromatic carbocycles. The van der Waals surface area contributed by atoms with Crippen molar-refractivity contribution in [2.24, 2.45) is 0 Å². The van der Waals surface area contributed by atoms with Crippen molar-refractivity contribution in [2.75, 3.05) is 7.11 Å². The first-order chi connectivity index (χ1) is 10.3. The van der Waals surface area contributed by atoms with E-state index in [2.05, 4.69) is 5.32 Å². The number of rotatable bonds is 3. The van der Waals surface area contributed by atoms with E-state index >= 15 is 0 Å². The number of para-hydroxylation sites is 2. The van der Waals surface area contributed by atoms with E-state index in [4.69, 9.17) is 4.74 Å². The molecule has 0 aliphatic heterocycles. The summed E-state index contributed by atoms with van der Waals surface area (Å²) in [6, 6.07) is 17.2. The van der Waals surface area contributed by atoms with Crippen LogP contribution in [0.2, 0.25) is 0 Å². The van der Waals surface area contributed by atoms with Gasteiger partial charge in [-0.25, -0.2) is 4.79 Å². The van der Waals surface area contributed by atoms with Crippen LogP contribution in [0.3, 0.4) is 0 Å². The first kappa shape index (κ1) is 13.2. The van der Waals surface area contributed by atoms with Crippen molar-refractivity contribution in [3.8, 4) is 5.75 Å². The molecule has 0 saturated heterocycles. The number of hydrogen-bond acceptors (Lipinski definition) is 2. The summed E-state index contributed by atoms with van der Waals surface area (Å²) in [5.74, 6) is 0.773. The van der Waals surface area contributed by atoms with Gasteiger partial charge in [0, 0.05) is 23.7 Å². The van der Waals surface area contributed by atoms with Crippen LogP contribution in [0.5, 0.6) is 5.75 Å². The molecule has 4 heteroatoms. The molecule has 3 rings (SSSR count). The van der Waals surface area contributed by atoms with Crippen molar-refractivity contribution in [1.29, 1.82) is 0 Å². The standard InChI is InChI=1S/C17H16N2O2/c1-21-16-9-5-3-7-14(16)12-18-17(20)19-11-10-13-6-2-4-8-15(13)19/h2-11H,12H2,1H3,(H,18,20). The highest BCUT2D eigenvalue weighted by Crippen LogP contribution is 2.17. The number of benzene rings is 2. The lowest BCUT2D eigenvalue weighted by Crippen LogP contribution is -2.27. The van der Waals surface area contributed by atoms with Gasteiger partial charge in [0.15, 0.2) is 0 Å². The van der Waals surface area contributed by atoms with Gasteiger partial charge in [0.25, 0.3) is 0 Å². The van der Waals surface area contributed by atoms with Crippen LogP contribution in [-0.4, -0.2) is 17.7 Å². The number of ether oxygens (including phenoxy) is 1. The van der Waals surface area contributed by atoms with Crippen molar-refractivity contribution in [2.45, 2.75) is 6.54 Å². The Morgan fingerprint density at radius 2 is 1.86 bits per heavy atom. The highest BCUT2D eigenvalue weighted by atomic mass is 16.5. The van der Waals surface area contributed by atoms with Gasteiger partial charge >= 0.3 is 6.03 Å². The van der Waals surface area contributed by atoms with Gasteiger partial charge in [-0.3, -0.25) is 4.57 Å². The van der Waals surface area contributed by atoms with E-state index in [9.17, 15) is 4.79 Å². The normalized spacial score (nSPS) is 10.5. The Bertz CT molecular complexity index is 777. The molecule has 106 valence electrons. The highest BCUT2D eigenvalue weighted by molar-refractivity contribution is 5.91. The summed E-state index contributed by atoms with van der Waals surface area (Å²) in [7, 11) is 1.63. The van der Waals surface area contributed by atoms with Crippen LogP contribution in [0.4, 0.5) is 4.79 Å². The summed E-state index contributed by atoms with van der Waals surface area (Å²) in [5, 5.41) is 3.96. The van der Waals surface area contributed by atoms with E-state index in [-0.39, 0.29) is 6.03 Å². The second-order valence-corrected chi connectivity index (χ2v) is 4.72. The number of carbonyl (C=O) groups excluding carboxylic acids is 1. The number of nitrogens with zero attached hydrogens (tertiary/aromatic N) is 1. The summed E-state index contributed by atoms with van der Waals surface area (Å²) in [5.41, 5.74) is 1.85. The van der Waals surface area contributed by atoms with Gasteiger partial charge in [-0.1, -0.05) is 36.4 Å². The first-order valence-corrected chi connectivity index (χ1v) is 6.76. The van der Waals surface area contributed by atoms with Gasteiger partial charge in [0.2, 0.25) is 0 Å². The lowest BCUT2D eigenvalue weighted by molar-refractivity contribution is 0.242. The summed E-state index contributed by atoms with van der Waals surface area (Å²) < 4.78 is 6.90. The van der Waals surface area contributed by atoms with Gasteiger partial charge < -0.3 is 10.1 Å². The molecule has 0 fully saturated rings. The summed E-state index contributed by atoms with van der Waals surface area (Å²) in [6.07, 6.45) is 1.78. The van der Waals surface area contributed by atoms with Gasteiger partial charge in [0.1, 0.15) is 5.75 Å². The molecule has 4 nitrogen and oxygen atoms in total. The van der Waals surface area contributed by atoms with Gasteiger partial charge in [-0.15, -0.1) is 0 Å². The zero-order valence-corrected chi connectivity index (χ0v) is 11.7. The zero-order valence-electron chi connectivity index (χ0n) is 11.7. The molecule has 0 aliphatic carbocycles. The molecule has 0 atom stereocenters. The fraction of sp³-hybridized carbons (Fsp3) is 0.118. The van der Waals surface area contributed by atoms with Gasteiger partial charge in [-0.2, -0.15) is 0 Å². The molecule has 21 heavy (non-hydrogen) atoms. The van der Waals surface area contributed by atoms with Crippen LogP contribution in [-0.2, 0) is 6.54 Å². The first-order valence-electron chi connectivity index (χ1n) is 6.76. The number of nitrogens with one attached hydrogen (secondary N) is 1. The molecule has 0 radical (unpaired) electrons. The minimum absolute atomic E-state index is 0.151. The number of amides is 1. The predicted octanol–water partition coefficient (Wildman–Crippen LogP) is 3.41. The Morgan fingerprint density at radius 1 is 1.10 bits per heavy atom. The molecular weight excluding hydrogens is 264 g/mol. The van der Waals surface area contributed by atoms with Crippen molar-refractivity contribution in [3.63, 3.8) is 0 Å². The van der Waals surface area contributed by atoms with E-state index in [1.165, 1.54) is 0 Å². The molecule has 1 N–H and O–H groups in total. The number of hydrogen-bond donors (Lipinski definition) is 1. The van der Waals surface area contributed by atoms with E-state index in [1.807, 2.05) is 54.6 Å². The van der Waals surface area contributed by atoms with Crippen molar-refractivity contribution in [3.05, 3.63) is 66.4 Å². The maximum atomic E-state index is 12.3. The summed E-state index contributed by atoms with van der Waals surface area (Å²) in [6.45, 7) is 0.426. The molecular formula is C17H16N2O2. The third-order valence-electron chi connectivity index (χ3n) is 3.44. The number of fused-ring (bicyclic) bond motifs is 1. The average Bonchev–Trinajstić information content (AvgIpc) is 2.97. The molecule has 0 unspecified atom stereocenters. The van der Waals surface area contributed by atoms with Crippen LogP contribution in [0.15, 0.2) is 60.8 Å². The summed E-state index contributed by atoms with van der Waals surface area (Å²) in [4.78, 5) is 12.3. The maximum Gasteiger partial charge on any atom is 0.326 e. The second-order valence-electron chi connectivity index (χ2n) is 4.72. The zero-order chi connectivity index (χ0) is 14.7.